The number of rotatable bonds is 7. The summed E-state index contributed by atoms with van der Waals surface area (Å²) in [6, 6.07) is 1.11. The molecule has 2 rings (SSSR count). The maximum Gasteiger partial charge on any atom is 0.418 e. The number of nitro groups is 1. The van der Waals surface area contributed by atoms with E-state index in [1.807, 2.05) is 6.92 Å². The van der Waals surface area contributed by atoms with Crippen molar-refractivity contribution in [3.63, 3.8) is 0 Å². The molecule has 1 saturated carbocycles. The highest BCUT2D eigenvalue weighted by atomic mass is 35.5. The third kappa shape index (κ3) is 4.55. The number of alkyl halides is 3. The van der Waals surface area contributed by atoms with E-state index in [1.165, 1.54) is 0 Å². The highest BCUT2D eigenvalue weighted by molar-refractivity contribution is 6.31. The van der Waals surface area contributed by atoms with Crippen LogP contribution in [0.25, 0.3) is 0 Å². The minimum absolute atomic E-state index is 0.00224. The molecule has 26 heavy (non-hydrogen) atoms. The number of halogens is 4. The van der Waals surface area contributed by atoms with Crippen LogP contribution in [-0.4, -0.2) is 46.1 Å². The highest BCUT2D eigenvalue weighted by Crippen LogP contribution is 2.41. The summed E-state index contributed by atoms with van der Waals surface area (Å²) < 4.78 is 38.6. The van der Waals surface area contributed by atoms with E-state index in [0.717, 1.165) is 6.07 Å². The Morgan fingerprint density at radius 3 is 2.54 bits per heavy atom. The number of carbonyl (C=O) groups is 1. The van der Waals surface area contributed by atoms with Gasteiger partial charge in [-0.25, -0.2) is 0 Å². The van der Waals surface area contributed by atoms with Gasteiger partial charge in [-0.3, -0.25) is 19.8 Å². The van der Waals surface area contributed by atoms with Crippen molar-refractivity contribution in [3.05, 3.63) is 32.8 Å². The summed E-state index contributed by atoms with van der Waals surface area (Å²) in [4.78, 5) is 22.8. The van der Waals surface area contributed by atoms with Gasteiger partial charge < -0.3 is 10.4 Å². The van der Waals surface area contributed by atoms with Crippen molar-refractivity contribution >= 4 is 28.9 Å². The van der Waals surface area contributed by atoms with Crippen molar-refractivity contribution < 1.29 is 28.0 Å². The lowest BCUT2D eigenvalue weighted by atomic mass is 9.85. The number of likely N-dealkylation sites (N-methyl/N-ethyl adjacent to an activating group) is 1. The Kier molecular flexibility index (Phi) is 5.97. The fourth-order valence-electron chi connectivity index (χ4n) is 2.94. The molecule has 0 aliphatic heterocycles. The molecule has 0 atom stereocenters. The van der Waals surface area contributed by atoms with Crippen LogP contribution >= 0.6 is 11.6 Å². The van der Waals surface area contributed by atoms with Gasteiger partial charge in [-0.05, 0) is 25.5 Å². The normalized spacial score (nSPS) is 19.9. The quantitative estimate of drug-likeness (QED) is 0.541. The SMILES string of the molecule is CCN(CC(=O)O)C1CC(Nc2cc(Cl)c(C(F)(F)F)cc2[N+](=O)[O-])C1. The van der Waals surface area contributed by atoms with Crippen LogP contribution < -0.4 is 5.32 Å². The molecule has 1 aromatic carbocycles. The summed E-state index contributed by atoms with van der Waals surface area (Å²) in [5, 5.41) is 22.2. The molecule has 0 radical (unpaired) electrons. The first kappa shape index (κ1) is 20.2. The van der Waals surface area contributed by atoms with Crippen LogP contribution in [0.3, 0.4) is 0 Å². The molecule has 1 aliphatic rings. The van der Waals surface area contributed by atoms with Crippen LogP contribution in [0.15, 0.2) is 12.1 Å². The van der Waals surface area contributed by atoms with E-state index in [1.54, 1.807) is 4.90 Å². The van der Waals surface area contributed by atoms with Gasteiger partial charge in [-0.1, -0.05) is 18.5 Å². The molecule has 7 nitrogen and oxygen atoms in total. The molecule has 0 aromatic heterocycles. The largest absolute Gasteiger partial charge is 0.480 e. The van der Waals surface area contributed by atoms with Crippen LogP contribution in [0.4, 0.5) is 24.5 Å². The van der Waals surface area contributed by atoms with Crippen molar-refractivity contribution in [2.45, 2.75) is 38.0 Å². The first-order chi connectivity index (χ1) is 12.0. The first-order valence-corrected chi connectivity index (χ1v) is 8.18. The zero-order valence-corrected chi connectivity index (χ0v) is 14.5. The van der Waals surface area contributed by atoms with Crippen molar-refractivity contribution in [2.75, 3.05) is 18.4 Å². The minimum atomic E-state index is -4.79. The maximum absolute atomic E-state index is 12.9. The minimum Gasteiger partial charge on any atom is -0.480 e. The van der Waals surface area contributed by atoms with Gasteiger partial charge >= 0.3 is 12.1 Å². The van der Waals surface area contributed by atoms with Crippen LogP contribution in [-0.2, 0) is 11.0 Å². The predicted molar refractivity (Wildman–Crippen MR) is 88.4 cm³/mol. The summed E-state index contributed by atoms with van der Waals surface area (Å²) in [6.07, 6.45) is -3.74. The Hall–Kier alpha value is -2.07. The molecule has 0 spiro atoms. The number of anilines is 1. The Labute approximate surface area is 151 Å². The van der Waals surface area contributed by atoms with Gasteiger partial charge in [0, 0.05) is 18.2 Å². The Morgan fingerprint density at radius 1 is 1.46 bits per heavy atom. The average Bonchev–Trinajstić information content (AvgIpc) is 2.46. The number of hydrogen-bond donors (Lipinski definition) is 2. The summed E-state index contributed by atoms with van der Waals surface area (Å²) >= 11 is 5.64. The number of nitrogens with zero attached hydrogens (tertiary/aromatic N) is 2. The molecule has 0 unspecified atom stereocenters. The standard InChI is InChI=1S/C15H17ClF3N3O4/c1-2-21(7-14(23)24)9-3-8(4-9)20-12-6-11(16)10(15(17,18)19)5-13(12)22(25)26/h5-6,8-9,20H,2-4,7H2,1H3,(H,23,24). The molecule has 2 N–H and O–H groups in total. The fraction of sp³-hybridized carbons (Fsp3) is 0.533. The molecule has 0 saturated heterocycles. The van der Waals surface area contributed by atoms with Crippen LogP contribution in [0.1, 0.15) is 25.3 Å². The molecular weight excluding hydrogens is 379 g/mol. The van der Waals surface area contributed by atoms with E-state index >= 15 is 0 Å². The van der Waals surface area contributed by atoms with Gasteiger partial charge in [0.05, 0.1) is 22.1 Å². The Morgan fingerprint density at radius 2 is 2.08 bits per heavy atom. The van der Waals surface area contributed by atoms with Crippen molar-refractivity contribution in [2.24, 2.45) is 0 Å². The van der Waals surface area contributed by atoms with Crippen LogP contribution in [0, 0.1) is 10.1 Å². The number of hydrogen-bond acceptors (Lipinski definition) is 5. The van der Waals surface area contributed by atoms with Crippen LogP contribution in [0.5, 0.6) is 0 Å². The summed E-state index contributed by atoms with van der Waals surface area (Å²) in [5.74, 6) is -0.951. The molecule has 0 heterocycles. The number of benzene rings is 1. The molecule has 1 aromatic rings. The van der Waals surface area contributed by atoms with Crippen molar-refractivity contribution in [1.29, 1.82) is 0 Å². The van der Waals surface area contributed by atoms with E-state index in [4.69, 9.17) is 16.7 Å². The second-order valence-electron chi connectivity index (χ2n) is 6.03. The number of carboxylic acid groups (broad SMARTS) is 1. The first-order valence-electron chi connectivity index (χ1n) is 7.80. The predicted octanol–water partition coefficient (Wildman–Crippen LogP) is 3.62. The van der Waals surface area contributed by atoms with E-state index < -0.39 is 33.3 Å². The lowest BCUT2D eigenvalue weighted by Crippen LogP contribution is -2.51. The zero-order chi connectivity index (χ0) is 19.6. The van der Waals surface area contributed by atoms with Crippen molar-refractivity contribution in [3.8, 4) is 0 Å². The van der Waals surface area contributed by atoms with Gasteiger partial charge in [0.15, 0.2) is 0 Å². The summed E-state index contributed by atoms with van der Waals surface area (Å²) in [6.45, 7) is 2.25. The van der Waals surface area contributed by atoms with Gasteiger partial charge in [0.1, 0.15) is 5.69 Å². The lowest BCUT2D eigenvalue weighted by Gasteiger charge is -2.42. The fourth-order valence-corrected chi connectivity index (χ4v) is 3.21. The third-order valence-corrected chi connectivity index (χ3v) is 4.63. The second kappa shape index (κ2) is 7.67. The van der Waals surface area contributed by atoms with Gasteiger partial charge in [-0.15, -0.1) is 0 Å². The van der Waals surface area contributed by atoms with Gasteiger partial charge in [0.2, 0.25) is 0 Å². The molecule has 0 amide bonds. The summed E-state index contributed by atoms with van der Waals surface area (Å²) in [5.41, 5.74) is -2.05. The van der Waals surface area contributed by atoms with Crippen molar-refractivity contribution in [1.82, 2.24) is 4.90 Å². The molecule has 1 aliphatic carbocycles. The number of nitrogens with one attached hydrogen (secondary N) is 1. The summed E-state index contributed by atoms with van der Waals surface area (Å²) in [7, 11) is 0. The number of aliphatic carboxylic acids is 1. The lowest BCUT2D eigenvalue weighted by molar-refractivity contribution is -0.384. The number of nitro benzene ring substituents is 1. The Balaban J connectivity index is 2.12. The monoisotopic (exact) mass is 395 g/mol. The molecule has 0 bridgehead atoms. The van der Waals surface area contributed by atoms with E-state index in [9.17, 15) is 28.1 Å². The third-order valence-electron chi connectivity index (χ3n) is 4.32. The van der Waals surface area contributed by atoms with Crippen LogP contribution in [0.2, 0.25) is 5.02 Å². The highest BCUT2D eigenvalue weighted by Gasteiger charge is 2.38. The molecule has 144 valence electrons. The molecular formula is C15H17ClF3N3O4. The van der Waals surface area contributed by atoms with Gasteiger partial charge in [-0.2, -0.15) is 13.2 Å². The topological polar surface area (TPSA) is 95.7 Å². The van der Waals surface area contributed by atoms with Gasteiger partial charge in [0.25, 0.3) is 5.69 Å². The van der Waals surface area contributed by atoms with E-state index in [0.29, 0.717) is 25.5 Å². The second-order valence-corrected chi connectivity index (χ2v) is 6.43. The van der Waals surface area contributed by atoms with E-state index in [-0.39, 0.29) is 24.3 Å². The van der Waals surface area contributed by atoms with E-state index in [2.05, 4.69) is 5.32 Å². The molecule has 11 heteroatoms. The number of carboxylic acids is 1. The molecule has 1 fully saturated rings. The zero-order valence-electron chi connectivity index (χ0n) is 13.7. The smallest absolute Gasteiger partial charge is 0.418 e. The Bertz CT molecular complexity index is 708. The maximum atomic E-state index is 12.9. The average molecular weight is 396 g/mol.